The molecular weight excluding hydrogens is 284 g/mol. The van der Waals surface area contributed by atoms with Crippen molar-refractivity contribution in [1.29, 1.82) is 0 Å². The van der Waals surface area contributed by atoms with Crippen molar-refractivity contribution in [3.8, 4) is 11.3 Å². The van der Waals surface area contributed by atoms with E-state index in [2.05, 4.69) is 34.2 Å². The number of fused-ring (bicyclic) bond motifs is 4. The first-order valence-electron chi connectivity index (χ1n) is 7.51. The second-order valence-electron chi connectivity index (χ2n) is 5.56. The average Bonchev–Trinajstić information content (AvgIpc) is 3.00. The van der Waals surface area contributed by atoms with Gasteiger partial charge in [0.2, 0.25) is 5.71 Å². The molecule has 2 aromatic carbocycles. The predicted molar refractivity (Wildman–Crippen MR) is 92.3 cm³/mol. The van der Waals surface area contributed by atoms with E-state index in [1.54, 1.807) is 6.20 Å². The van der Waals surface area contributed by atoms with Gasteiger partial charge in [-0.15, -0.1) is 0 Å². The minimum absolute atomic E-state index is 0.663. The highest BCUT2D eigenvalue weighted by atomic mass is 16.3. The molecule has 0 fully saturated rings. The number of hydrogen-bond acceptors (Lipinski definition) is 3. The number of nitrogens with zero attached hydrogens (tertiary/aromatic N) is 2. The Morgan fingerprint density at radius 3 is 2.57 bits per heavy atom. The van der Waals surface area contributed by atoms with Gasteiger partial charge in [-0.05, 0) is 29.7 Å². The van der Waals surface area contributed by atoms with E-state index in [0.717, 1.165) is 33.0 Å². The van der Waals surface area contributed by atoms with Crippen molar-refractivity contribution in [3.05, 3.63) is 73.1 Å². The summed E-state index contributed by atoms with van der Waals surface area (Å²) in [5.74, 6) is 0. The molecule has 0 saturated heterocycles. The van der Waals surface area contributed by atoms with Crippen molar-refractivity contribution in [3.63, 3.8) is 0 Å². The van der Waals surface area contributed by atoms with Crippen LogP contribution in [0, 0.1) is 0 Å². The van der Waals surface area contributed by atoms with Crippen LogP contribution in [0.2, 0.25) is 0 Å². The van der Waals surface area contributed by atoms with E-state index < -0.39 is 0 Å². The number of benzene rings is 2. The maximum atomic E-state index is 6.00. The average molecular weight is 296 g/mol. The van der Waals surface area contributed by atoms with Gasteiger partial charge in [0.25, 0.3) is 0 Å². The summed E-state index contributed by atoms with van der Waals surface area (Å²) in [6, 6.07) is 20.4. The van der Waals surface area contributed by atoms with Crippen LogP contribution >= 0.6 is 0 Å². The molecule has 0 N–H and O–H groups in total. The van der Waals surface area contributed by atoms with Crippen LogP contribution in [0.1, 0.15) is 0 Å². The summed E-state index contributed by atoms with van der Waals surface area (Å²) in [5.41, 5.74) is 3.40. The summed E-state index contributed by atoms with van der Waals surface area (Å²) < 4.78 is 6.00. The monoisotopic (exact) mass is 296 g/mol. The first-order chi connectivity index (χ1) is 11.4. The maximum Gasteiger partial charge on any atom is 0.227 e. The van der Waals surface area contributed by atoms with Crippen LogP contribution in [-0.2, 0) is 0 Å². The smallest absolute Gasteiger partial charge is 0.227 e. The van der Waals surface area contributed by atoms with Crippen molar-refractivity contribution >= 4 is 32.8 Å². The quantitative estimate of drug-likeness (QED) is 0.427. The lowest BCUT2D eigenvalue weighted by molar-refractivity contribution is 0.655. The van der Waals surface area contributed by atoms with Crippen LogP contribution in [0.3, 0.4) is 0 Å². The molecule has 3 aromatic heterocycles. The molecule has 0 spiro atoms. The summed E-state index contributed by atoms with van der Waals surface area (Å²) in [7, 11) is 0. The molecule has 108 valence electrons. The fourth-order valence-electron chi connectivity index (χ4n) is 3.07. The van der Waals surface area contributed by atoms with Crippen LogP contribution in [0.5, 0.6) is 0 Å². The number of furan rings is 1. The van der Waals surface area contributed by atoms with E-state index in [4.69, 9.17) is 4.42 Å². The third-order valence-corrected chi connectivity index (χ3v) is 4.18. The number of para-hydroxylation sites is 1. The largest absolute Gasteiger partial charge is 0.437 e. The molecule has 0 unspecified atom stereocenters. The highest BCUT2D eigenvalue weighted by Crippen LogP contribution is 2.34. The molecule has 5 aromatic rings. The molecule has 0 atom stereocenters. The van der Waals surface area contributed by atoms with E-state index in [0.29, 0.717) is 5.71 Å². The molecule has 0 aliphatic heterocycles. The van der Waals surface area contributed by atoms with Gasteiger partial charge in [-0.25, -0.2) is 4.98 Å². The number of aromatic nitrogens is 2. The molecule has 0 radical (unpaired) electrons. The van der Waals surface area contributed by atoms with Crippen LogP contribution in [0.25, 0.3) is 44.1 Å². The minimum Gasteiger partial charge on any atom is -0.437 e. The van der Waals surface area contributed by atoms with Gasteiger partial charge < -0.3 is 4.42 Å². The molecule has 23 heavy (non-hydrogen) atoms. The van der Waals surface area contributed by atoms with E-state index in [-0.39, 0.29) is 0 Å². The second-order valence-corrected chi connectivity index (χ2v) is 5.56. The minimum atomic E-state index is 0.663. The highest BCUT2D eigenvalue weighted by Gasteiger charge is 2.13. The van der Waals surface area contributed by atoms with Gasteiger partial charge in [0.15, 0.2) is 0 Å². The second kappa shape index (κ2) is 4.65. The zero-order valence-corrected chi connectivity index (χ0v) is 12.2. The zero-order chi connectivity index (χ0) is 15.2. The first-order valence-corrected chi connectivity index (χ1v) is 7.51. The Kier molecular flexibility index (Phi) is 2.50. The van der Waals surface area contributed by atoms with Gasteiger partial charge in [0, 0.05) is 34.1 Å². The van der Waals surface area contributed by atoms with Gasteiger partial charge in [0.05, 0.1) is 5.69 Å². The molecule has 0 amide bonds. The van der Waals surface area contributed by atoms with E-state index in [1.165, 1.54) is 5.39 Å². The predicted octanol–water partition coefficient (Wildman–Crippen LogP) is 5.20. The van der Waals surface area contributed by atoms with Crippen molar-refractivity contribution in [2.24, 2.45) is 0 Å². The lowest BCUT2D eigenvalue weighted by Crippen LogP contribution is -1.84. The molecule has 0 aliphatic rings. The van der Waals surface area contributed by atoms with Crippen molar-refractivity contribution in [2.75, 3.05) is 0 Å². The van der Waals surface area contributed by atoms with Gasteiger partial charge in [-0.2, -0.15) is 0 Å². The molecule has 0 aliphatic carbocycles. The summed E-state index contributed by atoms with van der Waals surface area (Å²) in [4.78, 5) is 8.93. The lowest BCUT2D eigenvalue weighted by Gasteiger charge is -2.04. The summed E-state index contributed by atoms with van der Waals surface area (Å²) in [5, 5.41) is 4.41. The van der Waals surface area contributed by atoms with Gasteiger partial charge in [-0.1, -0.05) is 36.4 Å². The van der Waals surface area contributed by atoms with Crippen LogP contribution in [-0.4, -0.2) is 9.97 Å². The number of hydrogen-bond donors (Lipinski definition) is 0. The van der Waals surface area contributed by atoms with Crippen molar-refractivity contribution < 1.29 is 4.42 Å². The Balaban J connectivity index is 1.84. The van der Waals surface area contributed by atoms with Crippen molar-refractivity contribution in [2.45, 2.75) is 0 Å². The zero-order valence-electron chi connectivity index (χ0n) is 12.2. The SMILES string of the molecule is c1ccc2cc(-c3cccc4c3oc3ncccc34)ncc2c1. The van der Waals surface area contributed by atoms with Gasteiger partial charge in [0.1, 0.15) is 5.58 Å². The first kappa shape index (κ1) is 12.4. The Bertz CT molecular complexity index is 1170. The number of rotatable bonds is 1. The van der Waals surface area contributed by atoms with E-state index in [9.17, 15) is 0 Å². The van der Waals surface area contributed by atoms with E-state index in [1.807, 2.05) is 42.6 Å². The molecule has 3 heteroatoms. The topological polar surface area (TPSA) is 38.9 Å². The Hall–Kier alpha value is -3.20. The van der Waals surface area contributed by atoms with Crippen LogP contribution in [0.4, 0.5) is 0 Å². The highest BCUT2D eigenvalue weighted by molar-refractivity contribution is 6.08. The normalized spacial score (nSPS) is 11.5. The molecule has 0 saturated carbocycles. The summed E-state index contributed by atoms with van der Waals surface area (Å²) in [6.45, 7) is 0. The lowest BCUT2D eigenvalue weighted by atomic mass is 10.0. The summed E-state index contributed by atoms with van der Waals surface area (Å²) in [6.07, 6.45) is 3.66. The fraction of sp³-hybridized carbons (Fsp3) is 0. The molecule has 5 rings (SSSR count). The molecular formula is C20H12N2O. The van der Waals surface area contributed by atoms with E-state index >= 15 is 0 Å². The van der Waals surface area contributed by atoms with Gasteiger partial charge in [-0.3, -0.25) is 4.98 Å². The summed E-state index contributed by atoms with van der Waals surface area (Å²) >= 11 is 0. The molecule has 3 nitrogen and oxygen atoms in total. The third-order valence-electron chi connectivity index (χ3n) is 4.18. The number of pyridine rings is 2. The molecule has 0 bridgehead atoms. The van der Waals surface area contributed by atoms with Crippen molar-refractivity contribution in [1.82, 2.24) is 9.97 Å². The molecule has 3 heterocycles. The maximum absolute atomic E-state index is 6.00. The Morgan fingerprint density at radius 2 is 1.61 bits per heavy atom. The standard InChI is InChI=1S/C20H12N2O/c1-2-6-14-12-22-18(11-13(14)5-1)17-8-3-7-15-16-9-4-10-21-20(16)23-19(15)17/h1-12H. The fourth-order valence-corrected chi connectivity index (χ4v) is 3.07. The Morgan fingerprint density at radius 1 is 0.739 bits per heavy atom. The van der Waals surface area contributed by atoms with Crippen LogP contribution in [0.15, 0.2) is 77.5 Å². The van der Waals surface area contributed by atoms with Crippen LogP contribution < -0.4 is 0 Å². The van der Waals surface area contributed by atoms with Gasteiger partial charge >= 0.3 is 0 Å². The Labute approximate surface area is 132 Å². The third kappa shape index (κ3) is 1.83.